The Morgan fingerprint density at radius 3 is 2.48 bits per heavy atom. The maximum atomic E-state index is 15.0. The number of hydrogen-bond donors (Lipinski definition) is 3. The van der Waals surface area contributed by atoms with Gasteiger partial charge < -0.3 is 20.3 Å². The average molecular weight is 628 g/mol. The molecule has 11 heteroatoms. The lowest BCUT2D eigenvalue weighted by Gasteiger charge is -2.14. The largest absolute Gasteiger partial charge is 0.457 e. The van der Waals surface area contributed by atoms with Crippen molar-refractivity contribution < 1.29 is 18.7 Å². The van der Waals surface area contributed by atoms with Gasteiger partial charge in [0.2, 0.25) is 0 Å². The number of ether oxygens (including phenoxy) is 1. The Bertz CT molecular complexity index is 1670. The minimum Gasteiger partial charge on any atom is -0.457 e. The number of nitrogens with one attached hydrogen (secondary N) is 3. The van der Waals surface area contributed by atoms with Crippen LogP contribution in [-0.4, -0.2) is 57.8 Å². The van der Waals surface area contributed by atoms with Crippen molar-refractivity contribution in [1.82, 2.24) is 25.0 Å². The number of anilines is 2. The smallest absolute Gasteiger partial charge is 0.324 e. The molecule has 0 saturated carbocycles. The molecule has 3 heterocycles. The first-order chi connectivity index (χ1) is 22.0. The van der Waals surface area contributed by atoms with Crippen molar-refractivity contribution >= 4 is 23.4 Å². The average Bonchev–Trinajstić information content (AvgIpc) is 3.69. The second-order valence-electron chi connectivity index (χ2n) is 12.6. The van der Waals surface area contributed by atoms with Gasteiger partial charge in [0.1, 0.15) is 23.1 Å². The van der Waals surface area contributed by atoms with Crippen LogP contribution in [0.15, 0.2) is 66.9 Å². The lowest BCUT2D eigenvalue weighted by Crippen LogP contribution is -2.26. The standard InChI is InChI=1S/C35H42FN7O3/c1-24-20-28(14-16-37-24)46-27-12-13-30(29(36)22-27)39-34(45)40-32-23-31(35(2,3)4)41-43(32)26-11-9-10-25(21-26)33(44)38-15-5-6-17-42-18-7-8-19-42/h9-14,16,20-23H,5-8,15,17-19H2,1-4H3,(H,38,44)(H2,39,40,45). The van der Waals surface area contributed by atoms with Crippen molar-refractivity contribution in [3.63, 3.8) is 0 Å². The topological polar surface area (TPSA) is 113 Å². The van der Waals surface area contributed by atoms with E-state index in [4.69, 9.17) is 9.84 Å². The predicted octanol–water partition coefficient (Wildman–Crippen LogP) is 7.05. The van der Waals surface area contributed by atoms with Crippen molar-refractivity contribution in [1.29, 1.82) is 0 Å². The van der Waals surface area contributed by atoms with E-state index in [0.717, 1.165) is 30.8 Å². The van der Waals surface area contributed by atoms with Gasteiger partial charge in [-0.3, -0.25) is 15.1 Å². The summed E-state index contributed by atoms with van der Waals surface area (Å²) in [5.74, 6) is 0.364. The summed E-state index contributed by atoms with van der Waals surface area (Å²) in [4.78, 5) is 32.7. The number of benzene rings is 2. The molecule has 10 nitrogen and oxygen atoms in total. The van der Waals surface area contributed by atoms with Gasteiger partial charge in [0.15, 0.2) is 0 Å². The summed E-state index contributed by atoms with van der Waals surface area (Å²) in [5.41, 5.74) is 2.26. The Morgan fingerprint density at radius 2 is 1.74 bits per heavy atom. The van der Waals surface area contributed by atoms with Crippen molar-refractivity contribution in [2.75, 3.05) is 36.8 Å². The molecular weight excluding hydrogens is 585 g/mol. The van der Waals surface area contributed by atoms with E-state index in [1.165, 1.54) is 38.1 Å². The van der Waals surface area contributed by atoms with E-state index in [2.05, 4.69) is 25.8 Å². The molecule has 0 radical (unpaired) electrons. The number of carbonyl (C=O) groups is 2. The monoisotopic (exact) mass is 627 g/mol. The van der Waals surface area contributed by atoms with Gasteiger partial charge >= 0.3 is 6.03 Å². The summed E-state index contributed by atoms with van der Waals surface area (Å²) < 4.78 is 22.3. The van der Waals surface area contributed by atoms with Gasteiger partial charge in [-0.25, -0.2) is 13.9 Å². The summed E-state index contributed by atoms with van der Waals surface area (Å²) in [5, 5.41) is 13.1. The zero-order valence-corrected chi connectivity index (χ0v) is 26.9. The van der Waals surface area contributed by atoms with E-state index in [-0.39, 0.29) is 22.8 Å². The number of urea groups is 1. The van der Waals surface area contributed by atoms with E-state index in [9.17, 15) is 14.0 Å². The van der Waals surface area contributed by atoms with E-state index in [1.807, 2.05) is 33.8 Å². The molecule has 0 bridgehead atoms. The minimum atomic E-state index is -0.655. The van der Waals surface area contributed by atoms with Gasteiger partial charge in [-0.15, -0.1) is 0 Å². The molecule has 0 spiro atoms. The number of hydrogen-bond acceptors (Lipinski definition) is 6. The van der Waals surface area contributed by atoms with Crippen LogP contribution in [0.25, 0.3) is 5.69 Å². The van der Waals surface area contributed by atoms with Gasteiger partial charge in [0.25, 0.3) is 5.91 Å². The van der Waals surface area contributed by atoms with Crippen molar-refractivity contribution in [3.8, 4) is 17.2 Å². The zero-order chi connectivity index (χ0) is 32.7. The maximum absolute atomic E-state index is 15.0. The molecule has 0 aliphatic carbocycles. The zero-order valence-electron chi connectivity index (χ0n) is 26.9. The second-order valence-corrected chi connectivity index (χ2v) is 12.6. The Kier molecular flexibility index (Phi) is 10.3. The number of nitrogens with zero attached hydrogens (tertiary/aromatic N) is 4. The first-order valence-electron chi connectivity index (χ1n) is 15.7. The molecule has 3 amide bonds. The molecule has 2 aromatic carbocycles. The highest BCUT2D eigenvalue weighted by Gasteiger charge is 2.22. The number of amides is 3. The lowest BCUT2D eigenvalue weighted by atomic mass is 9.92. The molecule has 1 fully saturated rings. The lowest BCUT2D eigenvalue weighted by molar-refractivity contribution is 0.0952. The normalized spacial score (nSPS) is 13.4. The second kappa shape index (κ2) is 14.6. The number of halogens is 1. The summed E-state index contributed by atoms with van der Waals surface area (Å²) in [6.07, 6.45) is 6.13. The molecule has 0 unspecified atom stereocenters. The SMILES string of the molecule is Cc1cc(Oc2ccc(NC(=O)Nc3cc(C(C)(C)C)nn3-c3cccc(C(=O)NCCCCN4CCCC4)c3)c(F)c2)ccn1. The summed E-state index contributed by atoms with van der Waals surface area (Å²) in [6.45, 7) is 11.9. The quantitative estimate of drug-likeness (QED) is 0.154. The highest BCUT2D eigenvalue weighted by molar-refractivity contribution is 5.99. The number of carbonyl (C=O) groups excluding carboxylic acids is 2. The summed E-state index contributed by atoms with van der Waals surface area (Å²) in [7, 11) is 0. The van der Waals surface area contributed by atoms with E-state index in [0.29, 0.717) is 29.4 Å². The Balaban J connectivity index is 1.25. The van der Waals surface area contributed by atoms with Crippen LogP contribution in [0, 0.1) is 12.7 Å². The number of pyridine rings is 1. The fraction of sp³-hybridized carbons (Fsp3) is 0.371. The van der Waals surface area contributed by atoms with Crippen molar-refractivity contribution in [2.24, 2.45) is 0 Å². The molecule has 3 N–H and O–H groups in total. The number of likely N-dealkylation sites (tertiary alicyclic amines) is 1. The molecular formula is C35H42FN7O3. The number of rotatable bonds is 11. The van der Waals surface area contributed by atoms with E-state index in [1.54, 1.807) is 53.3 Å². The fourth-order valence-electron chi connectivity index (χ4n) is 5.23. The molecule has 46 heavy (non-hydrogen) atoms. The van der Waals surface area contributed by atoms with Crippen LogP contribution >= 0.6 is 0 Å². The predicted molar refractivity (Wildman–Crippen MR) is 178 cm³/mol. The van der Waals surface area contributed by atoms with Crippen LogP contribution in [0.4, 0.5) is 20.7 Å². The van der Waals surface area contributed by atoms with Crippen LogP contribution in [-0.2, 0) is 5.41 Å². The molecule has 5 rings (SSSR count). The number of aromatic nitrogens is 3. The molecule has 1 aliphatic rings. The maximum Gasteiger partial charge on any atom is 0.324 e. The molecule has 1 saturated heterocycles. The fourth-order valence-corrected chi connectivity index (χ4v) is 5.23. The highest BCUT2D eigenvalue weighted by Crippen LogP contribution is 2.28. The first-order valence-corrected chi connectivity index (χ1v) is 15.7. The van der Waals surface area contributed by atoms with Crippen LogP contribution in [0.2, 0.25) is 0 Å². The van der Waals surface area contributed by atoms with Gasteiger partial charge in [0, 0.05) is 47.6 Å². The van der Waals surface area contributed by atoms with Crippen molar-refractivity contribution in [2.45, 2.75) is 58.8 Å². The third-order valence-corrected chi connectivity index (χ3v) is 7.75. The molecule has 4 aromatic rings. The van der Waals surface area contributed by atoms with Gasteiger partial charge in [-0.1, -0.05) is 26.8 Å². The van der Waals surface area contributed by atoms with E-state index >= 15 is 0 Å². The van der Waals surface area contributed by atoms with Gasteiger partial charge in [0.05, 0.1) is 17.1 Å². The van der Waals surface area contributed by atoms with Gasteiger partial charge in [-0.2, -0.15) is 5.10 Å². The van der Waals surface area contributed by atoms with Crippen LogP contribution in [0.3, 0.4) is 0 Å². The molecule has 2 aromatic heterocycles. The first kappa shape index (κ1) is 32.6. The third-order valence-electron chi connectivity index (χ3n) is 7.75. The Morgan fingerprint density at radius 1 is 0.957 bits per heavy atom. The molecule has 0 atom stereocenters. The molecule has 242 valence electrons. The highest BCUT2D eigenvalue weighted by atomic mass is 19.1. The van der Waals surface area contributed by atoms with Crippen LogP contribution in [0.1, 0.15) is 68.2 Å². The number of aryl methyl sites for hydroxylation is 1. The Hall–Kier alpha value is -4.77. The molecule has 1 aliphatic heterocycles. The summed E-state index contributed by atoms with van der Waals surface area (Å²) in [6, 6.07) is 15.9. The number of unbranched alkanes of at least 4 members (excludes halogenated alkanes) is 1. The van der Waals surface area contributed by atoms with Gasteiger partial charge in [-0.05, 0) is 88.6 Å². The summed E-state index contributed by atoms with van der Waals surface area (Å²) >= 11 is 0. The van der Waals surface area contributed by atoms with Crippen LogP contribution < -0.4 is 20.7 Å². The third kappa shape index (κ3) is 8.69. The van der Waals surface area contributed by atoms with Crippen LogP contribution in [0.5, 0.6) is 11.5 Å². The van der Waals surface area contributed by atoms with E-state index < -0.39 is 11.8 Å². The Labute approximate surface area is 269 Å². The minimum absolute atomic E-state index is 0.0167. The van der Waals surface area contributed by atoms with Crippen molar-refractivity contribution in [3.05, 3.63) is 89.6 Å².